The number of aryl methyl sites for hydroxylation is 1. The summed E-state index contributed by atoms with van der Waals surface area (Å²) in [5.41, 5.74) is 8.23. The molecule has 1 unspecified atom stereocenters. The number of hydrogen-bond acceptors (Lipinski definition) is 3. The number of benzene rings is 1. The van der Waals surface area contributed by atoms with E-state index >= 15 is 0 Å². The van der Waals surface area contributed by atoms with E-state index in [2.05, 4.69) is 33.7 Å². The van der Waals surface area contributed by atoms with Gasteiger partial charge in [0.2, 0.25) is 0 Å². The van der Waals surface area contributed by atoms with E-state index < -0.39 is 0 Å². The Morgan fingerprint density at radius 3 is 2.88 bits per heavy atom. The van der Waals surface area contributed by atoms with Gasteiger partial charge in [0, 0.05) is 0 Å². The van der Waals surface area contributed by atoms with Crippen molar-refractivity contribution in [1.82, 2.24) is 9.38 Å². The lowest BCUT2D eigenvalue weighted by atomic mass is 10.3. The minimum Gasteiger partial charge on any atom is -0.322 e. The van der Waals surface area contributed by atoms with Gasteiger partial charge in [-0.1, -0.05) is 12.1 Å². The molecule has 3 rings (SSSR count). The summed E-state index contributed by atoms with van der Waals surface area (Å²) >= 11 is 1.77. The molecule has 0 aliphatic heterocycles. The van der Waals surface area contributed by atoms with Gasteiger partial charge in [0.15, 0.2) is 0 Å². The van der Waals surface area contributed by atoms with Gasteiger partial charge in [0.05, 0.1) is 22.0 Å². The topological polar surface area (TPSA) is 43.3 Å². The Morgan fingerprint density at radius 2 is 2.12 bits per heavy atom. The van der Waals surface area contributed by atoms with Crippen LogP contribution in [0.2, 0.25) is 0 Å². The molecule has 0 aliphatic carbocycles. The van der Waals surface area contributed by atoms with Crippen LogP contribution in [-0.2, 0) is 0 Å². The van der Waals surface area contributed by atoms with Crippen LogP contribution >= 0.6 is 11.3 Å². The van der Waals surface area contributed by atoms with Crippen LogP contribution in [0.3, 0.4) is 0 Å². The molecule has 0 amide bonds. The molecule has 0 saturated carbocycles. The average molecular weight is 231 g/mol. The minimum absolute atomic E-state index is 0.0424. The first kappa shape index (κ1) is 9.81. The van der Waals surface area contributed by atoms with E-state index in [1.54, 1.807) is 11.3 Å². The fraction of sp³-hybridized carbons (Fsp3) is 0.250. The summed E-state index contributed by atoms with van der Waals surface area (Å²) < 4.78 is 3.46. The first-order chi connectivity index (χ1) is 7.68. The van der Waals surface area contributed by atoms with Crippen LogP contribution in [0.1, 0.15) is 24.5 Å². The number of aromatic nitrogens is 2. The fourth-order valence-corrected chi connectivity index (χ4v) is 3.12. The van der Waals surface area contributed by atoms with Gasteiger partial charge in [-0.25, -0.2) is 4.98 Å². The highest BCUT2D eigenvalue weighted by Crippen LogP contribution is 2.31. The Hall–Kier alpha value is -1.39. The Morgan fingerprint density at radius 1 is 1.38 bits per heavy atom. The number of nitrogens with two attached hydrogens (primary N) is 1. The summed E-state index contributed by atoms with van der Waals surface area (Å²) in [5, 5.41) is 0. The van der Waals surface area contributed by atoms with Crippen LogP contribution in [0.4, 0.5) is 0 Å². The highest BCUT2D eigenvalue weighted by atomic mass is 32.1. The van der Waals surface area contributed by atoms with E-state index in [0.717, 1.165) is 11.5 Å². The van der Waals surface area contributed by atoms with Crippen LogP contribution in [0.5, 0.6) is 0 Å². The molecule has 2 N–H and O–H groups in total. The normalized spacial score (nSPS) is 13.7. The molecule has 82 valence electrons. The number of hydrogen-bond donors (Lipinski definition) is 1. The summed E-state index contributed by atoms with van der Waals surface area (Å²) in [7, 11) is 0. The zero-order valence-electron chi connectivity index (χ0n) is 9.27. The number of fused-ring (bicyclic) bond motifs is 3. The maximum atomic E-state index is 5.96. The molecular weight excluding hydrogens is 218 g/mol. The lowest BCUT2D eigenvalue weighted by Gasteiger charge is -2.02. The number of rotatable bonds is 1. The molecule has 0 aliphatic rings. The number of thiazole rings is 1. The van der Waals surface area contributed by atoms with E-state index in [9.17, 15) is 0 Å². The molecule has 1 aromatic carbocycles. The molecule has 2 heterocycles. The van der Waals surface area contributed by atoms with Crippen molar-refractivity contribution in [1.29, 1.82) is 0 Å². The molecule has 3 aromatic rings. The predicted octanol–water partition coefficient (Wildman–Crippen LogP) is 2.88. The largest absolute Gasteiger partial charge is 0.322 e. The molecule has 4 heteroatoms. The van der Waals surface area contributed by atoms with Gasteiger partial charge in [0.25, 0.3) is 0 Å². The lowest BCUT2D eigenvalue weighted by Crippen LogP contribution is -2.09. The van der Waals surface area contributed by atoms with E-state index in [1.807, 2.05) is 13.8 Å². The maximum Gasteiger partial charge on any atom is 0.131 e. The van der Waals surface area contributed by atoms with Crippen LogP contribution in [-0.4, -0.2) is 9.38 Å². The van der Waals surface area contributed by atoms with Crippen molar-refractivity contribution in [2.45, 2.75) is 19.9 Å². The van der Waals surface area contributed by atoms with E-state index in [4.69, 9.17) is 5.73 Å². The molecule has 1 atom stereocenters. The fourth-order valence-electron chi connectivity index (χ4n) is 2.03. The second-order valence-electron chi connectivity index (χ2n) is 4.05. The Bertz CT molecular complexity index is 663. The van der Waals surface area contributed by atoms with Crippen LogP contribution < -0.4 is 5.73 Å². The predicted molar refractivity (Wildman–Crippen MR) is 67.9 cm³/mol. The molecule has 2 aromatic heterocycles. The molecule has 0 saturated heterocycles. The first-order valence-electron chi connectivity index (χ1n) is 5.30. The molecule has 0 bridgehead atoms. The maximum absolute atomic E-state index is 5.96. The molecule has 16 heavy (non-hydrogen) atoms. The van der Waals surface area contributed by atoms with Crippen LogP contribution in [0.25, 0.3) is 15.0 Å². The lowest BCUT2D eigenvalue weighted by molar-refractivity contribution is 0.741. The summed E-state index contributed by atoms with van der Waals surface area (Å²) in [6.45, 7) is 4.01. The van der Waals surface area contributed by atoms with Gasteiger partial charge in [0.1, 0.15) is 10.7 Å². The zero-order chi connectivity index (χ0) is 11.3. The molecular formula is C12H13N3S. The SMILES string of the molecule is Cc1nc(C(C)N)n2c1sc1ccccc12. The summed E-state index contributed by atoms with van der Waals surface area (Å²) in [6.07, 6.45) is 0. The second-order valence-corrected chi connectivity index (χ2v) is 5.09. The third-order valence-electron chi connectivity index (χ3n) is 2.74. The van der Waals surface area contributed by atoms with Crippen molar-refractivity contribution >= 4 is 26.4 Å². The highest BCUT2D eigenvalue weighted by Gasteiger charge is 2.15. The third-order valence-corrected chi connectivity index (χ3v) is 3.98. The van der Waals surface area contributed by atoms with Gasteiger partial charge in [-0.3, -0.25) is 4.40 Å². The quantitative estimate of drug-likeness (QED) is 0.699. The summed E-state index contributed by atoms with van der Waals surface area (Å²) in [6, 6.07) is 8.32. The second kappa shape index (κ2) is 3.30. The number of para-hydroxylation sites is 1. The minimum atomic E-state index is -0.0424. The average Bonchev–Trinajstić information content (AvgIpc) is 2.77. The zero-order valence-corrected chi connectivity index (χ0v) is 10.1. The highest BCUT2D eigenvalue weighted by molar-refractivity contribution is 7.24. The van der Waals surface area contributed by atoms with Crippen molar-refractivity contribution in [3.8, 4) is 0 Å². The van der Waals surface area contributed by atoms with Crippen LogP contribution in [0.15, 0.2) is 24.3 Å². The summed E-state index contributed by atoms with van der Waals surface area (Å²) in [5.74, 6) is 0.949. The van der Waals surface area contributed by atoms with Gasteiger partial charge >= 0.3 is 0 Å². The van der Waals surface area contributed by atoms with Crippen molar-refractivity contribution in [3.05, 3.63) is 35.8 Å². The van der Waals surface area contributed by atoms with Gasteiger partial charge < -0.3 is 5.73 Å². The molecule has 0 fully saturated rings. The van der Waals surface area contributed by atoms with Crippen molar-refractivity contribution in [2.75, 3.05) is 0 Å². The summed E-state index contributed by atoms with van der Waals surface area (Å²) in [4.78, 5) is 5.75. The standard InChI is InChI=1S/C12H13N3S/c1-7(13)11-14-8(2)12-15(11)9-5-3-4-6-10(9)16-12/h3-7H,13H2,1-2H3. The molecule has 0 radical (unpaired) electrons. The van der Waals surface area contributed by atoms with Crippen molar-refractivity contribution in [2.24, 2.45) is 5.73 Å². The monoisotopic (exact) mass is 231 g/mol. The Labute approximate surface area is 97.5 Å². The molecule has 0 spiro atoms. The van der Waals surface area contributed by atoms with E-state index in [1.165, 1.54) is 15.0 Å². The first-order valence-corrected chi connectivity index (χ1v) is 6.12. The van der Waals surface area contributed by atoms with Gasteiger partial charge in [-0.05, 0) is 26.0 Å². The Kier molecular flexibility index (Phi) is 2.02. The molecule has 3 nitrogen and oxygen atoms in total. The van der Waals surface area contributed by atoms with Crippen molar-refractivity contribution in [3.63, 3.8) is 0 Å². The number of imidazole rings is 1. The number of nitrogens with zero attached hydrogens (tertiary/aromatic N) is 2. The van der Waals surface area contributed by atoms with Crippen molar-refractivity contribution < 1.29 is 0 Å². The van der Waals surface area contributed by atoms with Crippen LogP contribution in [0, 0.1) is 6.92 Å². The van der Waals surface area contributed by atoms with E-state index in [-0.39, 0.29) is 6.04 Å². The smallest absolute Gasteiger partial charge is 0.131 e. The third kappa shape index (κ3) is 1.20. The van der Waals surface area contributed by atoms with Gasteiger partial charge in [-0.15, -0.1) is 11.3 Å². The van der Waals surface area contributed by atoms with E-state index in [0.29, 0.717) is 0 Å². The Balaban J connectivity index is 2.53. The van der Waals surface area contributed by atoms with Gasteiger partial charge in [-0.2, -0.15) is 0 Å².